The Hall–Kier alpha value is -2.08. The third-order valence-electron chi connectivity index (χ3n) is 5.49. The topological polar surface area (TPSA) is 74.0 Å². The van der Waals surface area contributed by atoms with E-state index in [0.29, 0.717) is 31.5 Å². The lowest BCUT2D eigenvalue weighted by atomic mass is 10.1. The molecule has 3 N–H and O–H groups in total. The number of benzene rings is 1. The fourth-order valence-corrected chi connectivity index (χ4v) is 3.93. The molecule has 1 amide bonds. The van der Waals surface area contributed by atoms with Gasteiger partial charge in [-0.3, -0.25) is 9.69 Å². The van der Waals surface area contributed by atoms with E-state index in [0.717, 1.165) is 37.2 Å². The van der Waals surface area contributed by atoms with E-state index in [4.69, 9.17) is 5.73 Å². The standard InChI is InChI=1S/C20H31N5O/c1-2-24-11-5-9-18(24)14-23-20(21)22-13-16-7-3-4-8-17(16)15-25-12-6-10-19(25)26/h3-4,7-8,18H,2,5-6,9-15H2,1H3,(H3,21,22,23). The van der Waals surface area contributed by atoms with E-state index in [1.807, 2.05) is 17.0 Å². The minimum Gasteiger partial charge on any atom is -0.370 e. The van der Waals surface area contributed by atoms with E-state index < -0.39 is 0 Å². The van der Waals surface area contributed by atoms with Gasteiger partial charge in [0.2, 0.25) is 5.91 Å². The van der Waals surface area contributed by atoms with Crippen LogP contribution in [0.2, 0.25) is 0 Å². The molecule has 3 rings (SSSR count). The average molecular weight is 358 g/mol. The summed E-state index contributed by atoms with van der Waals surface area (Å²) in [6.07, 6.45) is 4.12. The number of nitrogens with one attached hydrogen (secondary N) is 1. The van der Waals surface area contributed by atoms with E-state index in [2.05, 4.69) is 34.3 Å². The van der Waals surface area contributed by atoms with Gasteiger partial charge in [0, 0.05) is 32.1 Å². The first-order valence-corrected chi connectivity index (χ1v) is 9.79. The summed E-state index contributed by atoms with van der Waals surface area (Å²) in [6.45, 7) is 7.40. The van der Waals surface area contributed by atoms with Gasteiger partial charge in [0.25, 0.3) is 0 Å². The Kier molecular flexibility index (Phi) is 6.50. The largest absolute Gasteiger partial charge is 0.370 e. The number of carbonyl (C=O) groups excluding carboxylic acids is 1. The van der Waals surface area contributed by atoms with Gasteiger partial charge < -0.3 is 16.0 Å². The second-order valence-electron chi connectivity index (χ2n) is 7.19. The number of amides is 1. The molecular formula is C20H31N5O. The van der Waals surface area contributed by atoms with Crippen molar-refractivity contribution in [2.24, 2.45) is 10.7 Å². The van der Waals surface area contributed by atoms with Gasteiger partial charge in [0.15, 0.2) is 5.96 Å². The van der Waals surface area contributed by atoms with Crippen molar-refractivity contribution in [3.63, 3.8) is 0 Å². The molecule has 1 unspecified atom stereocenters. The summed E-state index contributed by atoms with van der Waals surface area (Å²) in [5.41, 5.74) is 8.37. The maximum Gasteiger partial charge on any atom is 0.222 e. The zero-order valence-corrected chi connectivity index (χ0v) is 15.8. The minimum atomic E-state index is 0.251. The second kappa shape index (κ2) is 9.03. The van der Waals surface area contributed by atoms with E-state index in [1.165, 1.54) is 19.4 Å². The van der Waals surface area contributed by atoms with Crippen LogP contribution in [0.5, 0.6) is 0 Å². The van der Waals surface area contributed by atoms with Crippen molar-refractivity contribution in [2.75, 3.05) is 26.2 Å². The lowest BCUT2D eigenvalue weighted by molar-refractivity contribution is -0.128. The SMILES string of the molecule is CCN1CCCC1CNC(N)=NCc1ccccc1CN1CCCC1=O. The molecule has 2 heterocycles. The molecule has 0 aromatic heterocycles. The van der Waals surface area contributed by atoms with Crippen molar-refractivity contribution in [1.82, 2.24) is 15.1 Å². The lowest BCUT2D eigenvalue weighted by Gasteiger charge is -2.23. The number of hydrogen-bond acceptors (Lipinski definition) is 3. The Bertz CT molecular complexity index is 645. The summed E-state index contributed by atoms with van der Waals surface area (Å²) >= 11 is 0. The summed E-state index contributed by atoms with van der Waals surface area (Å²) in [6, 6.07) is 8.74. The second-order valence-corrected chi connectivity index (χ2v) is 7.19. The van der Waals surface area contributed by atoms with Crippen molar-refractivity contribution < 1.29 is 4.79 Å². The van der Waals surface area contributed by atoms with E-state index >= 15 is 0 Å². The van der Waals surface area contributed by atoms with Crippen LogP contribution in [0.1, 0.15) is 43.7 Å². The molecule has 1 aromatic carbocycles. The Balaban J connectivity index is 1.54. The van der Waals surface area contributed by atoms with Crippen LogP contribution in [-0.2, 0) is 17.9 Å². The molecule has 6 nitrogen and oxygen atoms in total. The normalized spacial score (nSPS) is 21.6. The van der Waals surface area contributed by atoms with Gasteiger partial charge in [0.05, 0.1) is 6.54 Å². The zero-order valence-electron chi connectivity index (χ0n) is 15.8. The number of nitrogens with two attached hydrogens (primary N) is 1. The van der Waals surface area contributed by atoms with Crippen molar-refractivity contribution >= 4 is 11.9 Å². The van der Waals surface area contributed by atoms with E-state index in [1.54, 1.807) is 0 Å². The van der Waals surface area contributed by atoms with Crippen LogP contribution in [0.4, 0.5) is 0 Å². The fraction of sp³-hybridized carbons (Fsp3) is 0.600. The highest BCUT2D eigenvalue weighted by Crippen LogP contribution is 2.18. The summed E-state index contributed by atoms with van der Waals surface area (Å²) in [4.78, 5) is 20.8. The third-order valence-corrected chi connectivity index (χ3v) is 5.49. The van der Waals surface area contributed by atoms with Crippen LogP contribution in [0.25, 0.3) is 0 Å². The predicted molar refractivity (Wildman–Crippen MR) is 105 cm³/mol. The molecule has 2 fully saturated rings. The Morgan fingerprint density at radius 3 is 2.81 bits per heavy atom. The smallest absolute Gasteiger partial charge is 0.222 e. The highest BCUT2D eigenvalue weighted by atomic mass is 16.2. The first-order chi connectivity index (χ1) is 12.7. The van der Waals surface area contributed by atoms with Crippen LogP contribution in [0, 0.1) is 0 Å². The summed E-state index contributed by atoms with van der Waals surface area (Å²) in [5.74, 6) is 0.751. The van der Waals surface area contributed by atoms with Crippen LogP contribution < -0.4 is 11.1 Å². The number of carbonyl (C=O) groups is 1. The predicted octanol–water partition coefficient (Wildman–Crippen LogP) is 1.70. The first kappa shape index (κ1) is 18.7. The van der Waals surface area contributed by atoms with Crippen molar-refractivity contribution in [3.05, 3.63) is 35.4 Å². The maximum absolute atomic E-state index is 11.9. The molecule has 2 aliphatic rings. The summed E-state index contributed by atoms with van der Waals surface area (Å²) < 4.78 is 0. The van der Waals surface area contributed by atoms with Crippen molar-refractivity contribution in [2.45, 2.75) is 51.7 Å². The van der Waals surface area contributed by atoms with Gasteiger partial charge in [0.1, 0.15) is 0 Å². The molecule has 2 saturated heterocycles. The summed E-state index contributed by atoms with van der Waals surface area (Å²) in [7, 11) is 0. The van der Waals surface area contributed by atoms with Crippen molar-refractivity contribution in [1.29, 1.82) is 0 Å². The van der Waals surface area contributed by atoms with Crippen LogP contribution in [0.3, 0.4) is 0 Å². The molecule has 0 radical (unpaired) electrons. The molecular weight excluding hydrogens is 326 g/mol. The van der Waals surface area contributed by atoms with Crippen molar-refractivity contribution in [3.8, 4) is 0 Å². The Labute approximate surface area is 156 Å². The number of likely N-dealkylation sites (N-methyl/N-ethyl adjacent to an activating group) is 1. The average Bonchev–Trinajstić information content (AvgIpc) is 3.28. The zero-order chi connectivity index (χ0) is 18.4. The minimum absolute atomic E-state index is 0.251. The number of aliphatic imine (C=N–C) groups is 1. The Morgan fingerprint density at radius 1 is 1.27 bits per heavy atom. The highest BCUT2D eigenvalue weighted by Gasteiger charge is 2.23. The fourth-order valence-electron chi connectivity index (χ4n) is 3.93. The maximum atomic E-state index is 11.9. The number of rotatable bonds is 7. The number of likely N-dealkylation sites (tertiary alicyclic amines) is 2. The van der Waals surface area contributed by atoms with Crippen LogP contribution in [-0.4, -0.2) is 53.9 Å². The van der Waals surface area contributed by atoms with Gasteiger partial charge >= 0.3 is 0 Å². The van der Waals surface area contributed by atoms with Gasteiger partial charge in [-0.1, -0.05) is 31.2 Å². The van der Waals surface area contributed by atoms with Gasteiger partial charge in [-0.15, -0.1) is 0 Å². The summed E-state index contributed by atoms with van der Waals surface area (Å²) in [5, 5.41) is 3.28. The quantitative estimate of drug-likeness (QED) is 0.575. The number of hydrogen-bond donors (Lipinski definition) is 2. The van der Waals surface area contributed by atoms with Gasteiger partial charge in [-0.05, 0) is 43.5 Å². The lowest BCUT2D eigenvalue weighted by Crippen LogP contribution is -2.42. The number of guanidine groups is 1. The monoisotopic (exact) mass is 357 g/mol. The molecule has 0 bridgehead atoms. The van der Waals surface area contributed by atoms with Crippen LogP contribution >= 0.6 is 0 Å². The van der Waals surface area contributed by atoms with E-state index in [9.17, 15) is 4.79 Å². The molecule has 1 aromatic rings. The van der Waals surface area contributed by atoms with Gasteiger partial charge in [-0.25, -0.2) is 4.99 Å². The molecule has 142 valence electrons. The third kappa shape index (κ3) is 4.75. The molecule has 1 atom stereocenters. The molecule has 6 heteroatoms. The molecule has 0 saturated carbocycles. The first-order valence-electron chi connectivity index (χ1n) is 9.79. The highest BCUT2D eigenvalue weighted by molar-refractivity contribution is 5.78. The Morgan fingerprint density at radius 2 is 2.08 bits per heavy atom. The molecule has 0 spiro atoms. The van der Waals surface area contributed by atoms with Crippen LogP contribution in [0.15, 0.2) is 29.3 Å². The number of nitrogens with zero attached hydrogens (tertiary/aromatic N) is 3. The molecule has 0 aliphatic carbocycles. The molecule has 26 heavy (non-hydrogen) atoms. The molecule has 2 aliphatic heterocycles. The van der Waals surface area contributed by atoms with E-state index in [-0.39, 0.29) is 5.91 Å². The van der Waals surface area contributed by atoms with Gasteiger partial charge in [-0.2, -0.15) is 0 Å².